The summed E-state index contributed by atoms with van der Waals surface area (Å²) in [6, 6.07) is 8.67. The average molecular weight is 341 g/mol. The number of fused-ring (bicyclic) bond motifs is 1. The molecule has 3 rings (SSSR count). The van der Waals surface area contributed by atoms with Crippen molar-refractivity contribution in [3.63, 3.8) is 0 Å². The first kappa shape index (κ1) is 16.7. The van der Waals surface area contributed by atoms with E-state index < -0.39 is 0 Å². The Kier molecular flexibility index (Phi) is 4.52. The lowest BCUT2D eigenvalue weighted by Crippen LogP contribution is -2.02. The smallest absolute Gasteiger partial charge is 0.231 e. The zero-order valence-electron chi connectivity index (χ0n) is 14.3. The number of carbonyl (C=O) groups is 1. The number of ketones is 1. The largest absolute Gasteiger partial charge is 0.495 e. The van der Waals surface area contributed by atoms with Crippen LogP contribution in [0.1, 0.15) is 22.8 Å². The van der Waals surface area contributed by atoms with E-state index in [1.807, 2.05) is 6.07 Å². The minimum absolute atomic E-state index is 0.114. The predicted octanol–water partition coefficient (Wildman–Crippen LogP) is 3.30. The summed E-state index contributed by atoms with van der Waals surface area (Å²) < 4.78 is 21.1. The van der Waals surface area contributed by atoms with Gasteiger partial charge in [-0.05, 0) is 48.4 Å². The highest BCUT2D eigenvalue weighted by Gasteiger charge is 2.22. The molecule has 0 aromatic heterocycles. The van der Waals surface area contributed by atoms with Gasteiger partial charge in [0, 0.05) is 5.56 Å². The van der Waals surface area contributed by atoms with Crippen LogP contribution in [0, 0.1) is 0 Å². The molecule has 2 N–H and O–H groups in total. The molecule has 0 radical (unpaired) electrons. The lowest BCUT2D eigenvalue weighted by molar-refractivity contribution is 0.103. The van der Waals surface area contributed by atoms with Gasteiger partial charge >= 0.3 is 0 Å². The summed E-state index contributed by atoms with van der Waals surface area (Å²) in [6.45, 7) is 1.86. The van der Waals surface area contributed by atoms with Crippen molar-refractivity contribution in [3.05, 3.63) is 47.0 Å². The second kappa shape index (κ2) is 6.76. The molecule has 130 valence electrons. The van der Waals surface area contributed by atoms with E-state index in [9.17, 15) is 4.79 Å². The standard InChI is InChI=1S/C19H19NO5/c1-11(6-12-4-5-15(22-2)14(20)7-12)18(21)13-8-16(23-3)19-17(9-13)24-10-25-19/h4-9H,10,20H2,1-3H3. The van der Waals surface area contributed by atoms with Crippen LogP contribution in [-0.2, 0) is 0 Å². The van der Waals surface area contributed by atoms with E-state index in [0.717, 1.165) is 5.56 Å². The molecule has 0 unspecified atom stereocenters. The van der Waals surface area contributed by atoms with Crippen LogP contribution < -0.4 is 24.7 Å². The number of methoxy groups -OCH3 is 2. The van der Waals surface area contributed by atoms with Crippen molar-refractivity contribution in [1.82, 2.24) is 0 Å². The maximum atomic E-state index is 12.7. The molecule has 0 bridgehead atoms. The molecule has 0 saturated carbocycles. The molecule has 2 aromatic rings. The molecule has 1 heterocycles. The van der Waals surface area contributed by atoms with Crippen molar-refractivity contribution in [2.75, 3.05) is 26.7 Å². The number of ether oxygens (including phenoxy) is 4. The Morgan fingerprint density at radius 2 is 1.88 bits per heavy atom. The normalized spacial score (nSPS) is 12.8. The van der Waals surface area contributed by atoms with Gasteiger partial charge in [-0.15, -0.1) is 0 Å². The third kappa shape index (κ3) is 3.24. The molecule has 6 nitrogen and oxygen atoms in total. The fourth-order valence-corrected chi connectivity index (χ4v) is 2.65. The molecule has 0 spiro atoms. The number of rotatable bonds is 5. The SMILES string of the molecule is COc1ccc(C=C(C)C(=O)c2cc(OC)c3c(c2)OCO3)cc1N. The summed E-state index contributed by atoms with van der Waals surface area (Å²) in [5.74, 6) is 1.96. The number of nitrogen functional groups attached to an aromatic ring is 1. The fraction of sp³-hybridized carbons (Fsp3) is 0.211. The summed E-state index contributed by atoms with van der Waals surface area (Å²) >= 11 is 0. The maximum Gasteiger partial charge on any atom is 0.231 e. The highest BCUT2D eigenvalue weighted by molar-refractivity contribution is 6.11. The summed E-state index contributed by atoms with van der Waals surface area (Å²) in [4.78, 5) is 12.7. The van der Waals surface area contributed by atoms with Gasteiger partial charge in [0.25, 0.3) is 0 Å². The van der Waals surface area contributed by atoms with Crippen molar-refractivity contribution in [3.8, 4) is 23.0 Å². The van der Waals surface area contributed by atoms with Crippen molar-refractivity contribution in [1.29, 1.82) is 0 Å². The van der Waals surface area contributed by atoms with Crippen molar-refractivity contribution < 1.29 is 23.7 Å². The van der Waals surface area contributed by atoms with Gasteiger partial charge in [-0.25, -0.2) is 0 Å². The number of Topliss-reactive ketones (excluding diaryl/α,β-unsaturated/α-hetero) is 1. The molecule has 0 aliphatic carbocycles. The van der Waals surface area contributed by atoms with Gasteiger partial charge in [-0.1, -0.05) is 6.07 Å². The molecule has 1 aliphatic heterocycles. The molecule has 6 heteroatoms. The number of allylic oxidation sites excluding steroid dienone is 1. The zero-order chi connectivity index (χ0) is 18.0. The number of carbonyl (C=O) groups excluding carboxylic acids is 1. The van der Waals surface area contributed by atoms with E-state index in [1.165, 1.54) is 7.11 Å². The van der Waals surface area contributed by atoms with Crippen LogP contribution in [-0.4, -0.2) is 26.8 Å². The molecule has 25 heavy (non-hydrogen) atoms. The third-order valence-electron chi connectivity index (χ3n) is 3.92. The average Bonchev–Trinajstić information content (AvgIpc) is 3.09. The molecule has 0 fully saturated rings. The maximum absolute atomic E-state index is 12.7. The fourth-order valence-electron chi connectivity index (χ4n) is 2.65. The Hall–Kier alpha value is -3.15. The van der Waals surface area contributed by atoms with E-state index in [1.54, 1.807) is 44.4 Å². The van der Waals surface area contributed by atoms with Gasteiger partial charge < -0.3 is 24.7 Å². The summed E-state index contributed by atoms with van der Waals surface area (Å²) in [5, 5.41) is 0. The number of nitrogens with two attached hydrogens (primary N) is 1. The Morgan fingerprint density at radius 1 is 1.12 bits per heavy atom. The first-order valence-electron chi connectivity index (χ1n) is 7.67. The zero-order valence-corrected chi connectivity index (χ0v) is 14.3. The molecular formula is C19H19NO5. The van der Waals surface area contributed by atoms with Crippen molar-refractivity contribution in [2.24, 2.45) is 0 Å². The van der Waals surface area contributed by atoms with Gasteiger partial charge in [-0.2, -0.15) is 0 Å². The highest BCUT2D eigenvalue weighted by Crippen LogP contribution is 2.42. The first-order chi connectivity index (χ1) is 12.0. The van der Waals surface area contributed by atoms with Crippen LogP contribution in [0.25, 0.3) is 6.08 Å². The van der Waals surface area contributed by atoms with E-state index in [2.05, 4.69) is 0 Å². The summed E-state index contributed by atoms with van der Waals surface area (Å²) in [6.07, 6.45) is 1.77. The van der Waals surface area contributed by atoms with Crippen molar-refractivity contribution >= 4 is 17.5 Å². The van der Waals surface area contributed by atoms with Crippen LogP contribution >= 0.6 is 0 Å². The van der Waals surface area contributed by atoms with E-state index in [-0.39, 0.29) is 12.6 Å². The van der Waals surface area contributed by atoms with E-state index in [4.69, 9.17) is 24.7 Å². The van der Waals surface area contributed by atoms with Gasteiger partial charge in [-0.3, -0.25) is 4.79 Å². The number of hydrogen-bond donors (Lipinski definition) is 1. The Morgan fingerprint density at radius 3 is 2.56 bits per heavy atom. The number of anilines is 1. The first-order valence-corrected chi connectivity index (χ1v) is 7.67. The number of benzene rings is 2. The third-order valence-corrected chi connectivity index (χ3v) is 3.92. The van der Waals surface area contributed by atoms with Crippen LogP contribution in [0.3, 0.4) is 0 Å². The molecule has 2 aromatic carbocycles. The second-order valence-electron chi connectivity index (χ2n) is 5.57. The van der Waals surface area contributed by atoms with Gasteiger partial charge in [0.1, 0.15) is 5.75 Å². The Balaban J connectivity index is 1.91. The summed E-state index contributed by atoms with van der Waals surface area (Å²) in [5.41, 5.74) is 8.27. The van der Waals surface area contributed by atoms with Gasteiger partial charge in [0.2, 0.25) is 12.5 Å². The van der Waals surface area contributed by atoms with E-state index >= 15 is 0 Å². The molecule has 0 atom stereocenters. The molecule has 0 saturated heterocycles. The molecule has 0 amide bonds. The lowest BCUT2D eigenvalue weighted by Gasteiger charge is -2.08. The van der Waals surface area contributed by atoms with Crippen LogP contribution in [0.4, 0.5) is 5.69 Å². The summed E-state index contributed by atoms with van der Waals surface area (Å²) in [7, 11) is 3.08. The minimum Gasteiger partial charge on any atom is -0.495 e. The minimum atomic E-state index is -0.133. The van der Waals surface area contributed by atoms with E-state index in [0.29, 0.717) is 39.8 Å². The van der Waals surface area contributed by atoms with Gasteiger partial charge in [0.15, 0.2) is 17.3 Å². The van der Waals surface area contributed by atoms with Gasteiger partial charge in [0.05, 0.1) is 19.9 Å². The quantitative estimate of drug-likeness (QED) is 0.511. The highest BCUT2D eigenvalue weighted by atomic mass is 16.7. The molecular weight excluding hydrogens is 322 g/mol. The topological polar surface area (TPSA) is 80.0 Å². The van der Waals surface area contributed by atoms with Crippen LogP contribution in [0.15, 0.2) is 35.9 Å². The van der Waals surface area contributed by atoms with Crippen LogP contribution in [0.5, 0.6) is 23.0 Å². The monoisotopic (exact) mass is 341 g/mol. The Bertz CT molecular complexity index is 857. The Labute approximate surface area is 145 Å². The van der Waals surface area contributed by atoms with Crippen LogP contribution in [0.2, 0.25) is 0 Å². The predicted molar refractivity (Wildman–Crippen MR) is 94.5 cm³/mol. The lowest BCUT2D eigenvalue weighted by atomic mass is 10.0. The second-order valence-corrected chi connectivity index (χ2v) is 5.57. The van der Waals surface area contributed by atoms with Crippen molar-refractivity contribution in [2.45, 2.75) is 6.92 Å². The number of hydrogen-bond acceptors (Lipinski definition) is 6. The molecule has 1 aliphatic rings.